The summed E-state index contributed by atoms with van der Waals surface area (Å²) >= 11 is 0. The lowest BCUT2D eigenvalue weighted by molar-refractivity contribution is -0.124. The molecule has 3 N–H and O–H groups in total. The van der Waals surface area contributed by atoms with Crippen LogP contribution in [0.15, 0.2) is 0 Å². The minimum atomic E-state index is -0.782. The van der Waals surface area contributed by atoms with Gasteiger partial charge < -0.3 is 15.7 Å². The molecule has 1 saturated carbocycles. The number of carbonyl (C=O) groups is 1. The van der Waals surface area contributed by atoms with E-state index in [0.717, 1.165) is 19.3 Å². The molecule has 2 aliphatic rings. The van der Waals surface area contributed by atoms with E-state index in [4.69, 9.17) is 0 Å². The van der Waals surface area contributed by atoms with Crippen molar-refractivity contribution in [3.8, 4) is 0 Å². The van der Waals surface area contributed by atoms with Crippen molar-refractivity contribution in [3.63, 3.8) is 0 Å². The summed E-state index contributed by atoms with van der Waals surface area (Å²) in [6.07, 6.45) is 7.67. The molecule has 1 amide bonds. The first-order valence-corrected chi connectivity index (χ1v) is 7.78. The van der Waals surface area contributed by atoms with Crippen LogP contribution in [0.3, 0.4) is 0 Å². The van der Waals surface area contributed by atoms with E-state index in [-0.39, 0.29) is 11.9 Å². The Morgan fingerprint density at radius 3 is 2.84 bits per heavy atom. The van der Waals surface area contributed by atoms with E-state index in [9.17, 15) is 9.90 Å². The van der Waals surface area contributed by atoms with Crippen molar-refractivity contribution in [1.29, 1.82) is 0 Å². The minimum Gasteiger partial charge on any atom is -0.388 e. The van der Waals surface area contributed by atoms with Crippen LogP contribution >= 0.6 is 0 Å². The molecule has 0 aromatic rings. The molecule has 4 atom stereocenters. The Morgan fingerprint density at radius 2 is 2.16 bits per heavy atom. The summed E-state index contributed by atoms with van der Waals surface area (Å²) in [6, 6.07) is 0.492. The van der Waals surface area contributed by atoms with Crippen molar-refractivity contribution in [1.82, 2.24) is 10.6 Å². The van der Waals surface area contributed by atoms with E-state index in [1.807, 2.05) is 6.92 Å². The monoisotopic (exact) mass is 268 g/mol. The van der Waals surface area contributed by atoms with Crippen molar-refractivity contribution in [3.05, 3.63) is 0 Å². The SMILES string of the molecule is CCCC(C)(O)CNC(=O)C1CC2CCCCC2N1. The third-order valence-corrected chi connectivity index (χ3v) is 4.61. The largest absolute Gasteiger partial charge is 0.388 e. The number of rotatable bonds is 5. The fourth-order valence-electron chi connectivity index (χ4n) is 3.55. The van der Waals surface area contributed by atoms with Gasteiger partial charge in [-0.15, -0.1) is 0 Å². The van der Waals surface area contributed by atoms with Crippen LogP contribution < -0.4 is 10.6 Å². The van der Waals surface area contributed by atoms with Gasteiger partial charge in [0.1, 0.15) is 0 Å². The van der Waals surface area contributed by atoms with Crippen molar-refractivity contribution >= 4 is 5.91 Å². The average molecular weight is 268 g/mol. The summed E-state index contributed by atoms with van der Waals surface area (Å²) in [7, 11) is 0. The van der Waals surface area contributed by atoms with Crippen LogP contribution in [-0.4, -0.2) is 35.2 Å². The molecule has 0 radical (unpaired) electrons. The maximum atomic E-state index is 12.2. The number of carbonyl (C=O) groups excluding carboxylic acids is 1. The highest BCUT2D eigenvalue weighted by atomic mass is 16.3. The average Bonchev–Trinajstić information content (AvgIpc) is 2.79. The maximum absolute atomic E-state index is 12.2. The number of nitrogens with one attached hydrogen (secondary N) is 2. The second-order valence-electron chi connectivity index (χ2n) is 6.57. The highest BCUT2D eigenvalue weighted by Gasteiger charge is 2.38. The molecule has 0 bridgehead atoms. The molecule has 4 unspecified atom stereocenters. The molecule has 1 aliphatic carbocycles. The summed E-state index contributed by atoms with van der Waals surface area (Å²) in [5.74, 6) is 0.742. The van der Waals surface area contributed by atoms with Crippen LogP contribution in [0.25, 0.3) is 0 Å². The molecule has 1 aliphatic heterocycles. The van der Waals surface area contributed by atoms with Crippen molar-refractivity contribution < 1.29 is 9.90 Å². The van der Waals surface area contributed by atoms with E-state index < -0.39 is 5.60 Å². The van der Waals surface area contributed by atoms with Crippen molar-refractivity contribution in [2.75, 3.05) is 6.54 Å². The van der Waals surface area contributed by atoms with Gasteiger partial charge in [-0.1, -0.05) is 26.2 Å². The lowest BCUT2D eigenvalue weighted by Crippen LogP contribution is -2.48. The second-order valence-corrected chi connectivity index (χ2v) is 6.57. The standard InChI is InChI=1S/C15H28N2O2/c1-3-8-15(2,19)10-16-14(18)13-9-11-6-4-5-7-12(11)17-13/h11-13,17,19H,3-10H2,1-2H3,(H,16,18). The molecule has 2 rings (SSSR count). The fourth-order valence-corrected chi connectivity index (χ4v) is 3.55. The highest BCUT2D eigenvalue weighted by molar-refractivity contribution is 5.82. The third kappa shape index (κ3) is 3.93. The Bertz CT molecular complexity index is 303. The number of aliphatic hydroxyl groups is 1. The normalized spacial score (nSPS) is 33.5. The molecule has 110 valence electrons. The van der Waals surface area contributed by atoms with Crippen molar-refractivity contribution in [2.45, 2.75) is 76.5 Å². The lowest BCUT2D eigenvalue weighted by Gasteiger charge is -2.24. The zero-order chi connectivity index (χ0) is 13.9. The lowest BCUT2D eigenvalue weighted by atomic mass is 9.85. The van der Waals surface area contributed by atoms with Gasteiger partial charge in [-0.05, 0) is 38.5 Å². The third-order valence-electron chi connectivity index (χ3n) is 4.61. The van der Waals surface area contributed by atoms with Crippen LogP contribution in [0.1, 0.15) is 58.8 Å². The molecular weight excluding hydrogens is 240 g/mol. The molecule has 4 nitrogen and oxygen atoms in total. The van der Waals surface area contributed by atoms with E-state index in [1.165, 1.54) is 25.7 Å². The van der Waals surface area contributed by atoms with Gasteiger partial charge >= 0.3 is 0 Å². The first-order valence-electron chi connectivity index (χ1n) is 7.78. The quantitative estimate of drug-likeness (QED) is 0.709. The summed E-state index contributed by atoms with van der Waals surface area (Å²) in [5, 5.41) is 16.5. The van der Waals surface area contributed by atoms with Crippen LogP contribution in [0.4, 0.5) is 0 Å². The topological polar surface area (TPSA) is 61.4 Å². The molecular formula is C15H28N2O2. The van der Waals surface area contributed by atoms with Gasteiger partial charge in [0.2, 0.25) is 5.91 Å². The number of fused-ring (bicyclic) bond motifs is 1. The van der Waals surface area contributed by atoms with Crippen LogP contribution in [0.2, 0.25) is 0 Å². The van der Waals surface area contributed by atoms with Gasteiger partial charge in [0.15, 0.2) is 0 Å². The minimum absolute atomic E-state index is 0.0504. The Balaban J connectivity index is 1.78. The summed E-state index contributed by atoms with van der Waals surface area (Å²) in [5.41, 5.74) is -0.782. The summed E-state index contributed by atoms with van der Waals surface area (Å²) in [4.78, 5) is 12.2. The fraction of sp³-hybridized carbons (Fsp3) is 0.933. The smallest absolute Gasteiger partial charge is 0.237 e. The molecule has 4 heteroatoms. The van der Waals surface area contributed by atoms with Gasteiger partial charge in [0.05, 0.1) is 11.6 Å². The van der Waals surface area contributed by atoms with E-state index in [0.29, 0.717) is 18.5 Å². The number of hydrogen-bond acceptors (Lipinski definition) is 3. The molecule has 1 heterocycles. The summed E-state index contributed by atoms with van der Waals surface area (Å²) in [6.45, 7) is 4.19. The second kappa shape index (κ2) is 6.23. The Morgan fingerprint density at radius 1 is 1.42 bits per heavy atom. The molecule has 0 aromatic carbocycles. The molecule has 1 saturated heterocycles. The van der Waals surface area contributed by atoms with Crippen LogP contribution in [0, 0.1) is 5.92 Å². The van der Waals surface area contributed by atoms with E-state index in [1.54, 1.807) is 6.92 Å². The van der Waals surface area contributed by atoms with Crippen LogP contribution in [0.5, 0.6) is 0 Å². The molecule has 2 fully saturated rings. The first-order chi connectivity index (χ1) is 9.02. The number of amides is 1. The predicted molar refractivity (Wildman–Crippen MR) is 75.8 cm³/mol. The molecule has 0 aromatic heterocycles. The predicted octanol–water partition coefficient (Wildman–Crippen LogP) is 1.57. The van der Waals surface area contributed by atoms with E-state index >= 15 is 0 Å². The Hall–Kier alpha value is -0.610. The van der Waals surface area contributed by atoms with Gasteiger partial charge in [0.25, 0.3) is 0 Å². The van der Waals surface area contributed by atoms with E-state index in [2.05, 4.69) is 10.6 Å². The highest BCUT2D eigenvalue weighted by Crippen LogP contribution is 2.33. The Labute approximate surface area is 116 Å². The zero-order valence-corrected chi connectivity index (χ0v) is 12.2. The van der Waals surface area contributed by atoms with Gasteiger partial charge in [-0.3, -0.25) is 4.79 Å². The number of hydrogen-bond donors (Lipinski definition) is 3. The zero-order valence-electron chi connectivity index (χ0n) is 12.2. The van der Waals surface area contributed by atoms with Crippen LogP contribution in [-0.2, 0) is 4.79 Å². The molecule has 19 heavy (non-hydrogen) atoms. The Kier molecular flexibility index (Phi) is 4.85. The van der Waals surface area contributed by atoms with Gasteiger partial charge in [-0.25, -0.2) is 0 Å². The van der Waals surface area contributed by atoms with Gasteiger partial charge in [-0.2, -0.15) is 0 Å². The first kappa shape index (κ1) is 14.8. The van der Waals surface area contributed by atoms with Crippen molar-refractivity contribution in [2.24, 2.45) is 5.92 Å². The van der Waals surface area contributed by atoms with Gasteiger partial charge in [0, 0.05) is 12.6 Å². The maximum Gasteiger partial charge on any atom is 0.237 e. The summed E-state index contributed by atoms with van der Waals surface area (Å²) < 4.78 is 0. The molecule has 0 spiro atoms.